The Morgan fingerprint density at radius 2 is 1.53 bits per heavy atom. The van der Waals surface area contributed by atoms with Gasteiger partial charge in [-0.15, -0.1) is 0 Å². The van der Waals surface area contributed by atoms with Crippen LogP contribution in [-0.4, -0.2) is 84.7 Å². The minimum absolute atomic E-state index is 0.0943. The van der Waals surface area contributed by atoms with Crippen molar-refractivity contribution in [2.45, 2.75) is 25.4 Å². The zero-order valence-electron chi connectivity index (χ0n) is 26.1. The molecule has 0 aliphatic heterocycles. The molecule has 1 unspecified atom stereocenters. The summed E-state index contributed by atoms with van der Waals surface area (Å²) in [6.07, 6.45) is -0.276. The number of hydrogen-bond donors (Lipinski definition) is 3. The first kappa shape index (κ1) is 34.5. The lowest BCUT2D eigenvalue weighted by Crippen LogP contribution is -2.44. The average Bonchev–Trinajstić information content (AvgIpc) is 3.55. The first-order valence-electron chi connectivity index (χ1n) is 15.2. The normalized spacial score (nSPS) is 11.4. The molecule has 3 aromatic carbocycles. The second-order valence-corrected chi connectivity index (χ2v) is 10.5. The lowest BCUT2D eigenvalue weighted by molar-refractivity contribution is -0.143. The number of carboxylic acid groups (broad SMARTS) is 1. The minimum atomic E-state index is -1.28. The molecule has 47 heavy (non-hydrogen) atoms. The van der Waals surface area contributed by atoms with Crippen molar-refractivity contribution in [2.24, 2.45) is 0 Å². The summed E-state index contributed by atoms with van der Waals surface area (Å²) in [5, 5.41) is 14.9. The molecule has 4 aromatic rings. The molecule has 12 nitrogen and oxygen atoms in total. The van der Waals surface area contributed by atoms with Crippen LogP contribution in [0.4, 0.5) is 0 Å². The monoisotopic (exact) mass is 642 g/mol. The van der Waals surface area contributed by atoms with Crippen LogP contribution in [0.3, 0.4) is 0 Å². The fourth-order valence-electron chi connectivity index (χ4n) is 4.67. The number of rotatable bonds is 18. The van der Waals surface area contributed by atoms with Gasteiger partial charge in [-0.2, -0.15) is 0 Å². The Balaban J connectivity index is 1.42. The first-order valence-corrected chi connectivity index (χ1v) is 15.2. The van der Waals surface area contributed by atoms with Crippen LogP contribution in [0.5, 0.6) is 0 Å². The zero-order valence-corrected chi connectivity index (χ0v) is 26.1. The lowest BCUT2D eigenvalue weighted by Gasteiger charge is -2.24. The molecule has 1 atom stereocenters. The van der Waals surface area contributed by atoms with E-state index in [2.05, 4.69) is 15.6 Å². The van der Waals surface area contributed by atoms with E-state index in [1.54, 1.807) is 4.90 Å². The SMILES string of the molecule is COCCOCC(=O)NC(CCC(=O)N(CCNC(=O)c1nc(-c2ccccc2)oc1-c1ccccc1)Cc1ccccc1)C(=O)O. The Kier molecular flexibility index (Phi) is 13.2. The van der Waals surface area contributed by atoms with Crippen LogP contribution < -0.4 is 10.6 Å². The molecule has 0 aliphatic rings. The lowest BCUT2D eigenvalue weighted by atomic mass is 10.1. The van der Waals surface area contributed by atoms with E-state index in [4.69, 9.17) is 13.9 Å². The Labute approximate surface area is 272 Å². The molecule has 0 fully saturated rings. The number of benzene rings is 3. The summed E-state index contributed by atoms with van der Waals surface area (Å²) < 4.78 is 16.1. The van der Waals surface area contributed by atoms with E-state index in [-0.39, 0.29) is 57.3 Å². The third-order valence-corrected chi connectivity index (χ3v) is 7.08. The molecule has 0 bridgehead atoms. The number of carbonyl (C=O) groups is 4. The van der Waals surface area contributed by atoms with Gasteiger partial charge in [0.1, 0.15) is 12.6 Å². The highest BCUT2D eigenvalue weighted by Crippen LogP contribution is 2.29. The number of hydrogen-bond acceptors (Lipinski definition) is 8. The third-order valence-electron chi connectivity index (χ3n) is 7.08. The van der Waals surface area contributed by atoms with Crippen LogP contribution in [0.1, 0.15) is 28.9 Å². The molecule has 0 saturated heterocycles. The van der Waals surface area contributed by atoms with Crippen molar-refractivity contribution in [3.05, 3.63) is 102 Å². The number of aliphatic carboxylic acids is 1. The summed E-state index contributed by atoms with van der Waals surface area (Å²) >= 11 is 0. The molecule has 1 heterocycles. The fourth-order valence-corrected chi connectivity index (χ4v) is 4.67. The first-order chi connectivity index (χ1) is 22.9. The number of nitrogens with zero attached hydrogens (tertiary/aromatic N) is 2. The Hall–Kier alpha value is -5.33. The standard InChI is InChI=1S/C35H38N4O8/c1-45-21-22-46-24-29(40)37-28(35(43)44)17-18-30(41)39(23-25-11-5-2-6-12-25)20-19-36-33(42)31-32(26-13-7-3-8-14-26)47-34(38-31)27-15-9-4-10-16-27/h2-16,28H,17-24H2,1H3,(H,36,42)(H,37,40)(H,43,44). The summed E-state index contributed by atoms with van der Waals surface area (Å²) in [4.78, 5) is 56.9. The van der Waals surface area contributed by atoms with E-state index >= 15 is 0 Å². The maximum absolute atomic E-state index is 13.4. The molecular formula is C35H38N4O8. The molecule has 0 aliphatic carbocycles. The van der Waals surface area contributed by atoms with E-state index in [0.717, 1.165) is 11.1 Å². The van der Waals surface area contributed by atoms with Crippen molar-refractivity contribution in [1.82, 2.24) is 20.5 Å². The summed E-state index contributed by atoms with van der Waals surface area (Å²) in [7, 11) is 1.50. The number of nitrogens with one attached hydrogen (secondary N) is 2. The number of aromatic nitrogens is 1. The van der Waals surface area contributed by atoms with Crippen molar-refractivity contribution in [1.29, 1.82) is 0 Å². The Morgan fingerprint density at radius 1 is 0.894 bits per heavy atom. The van der Waals surface area contributed by atoms with Gasteiger partial charge in [-0.3, -0.25) is 14.4 Å². The third kappa shape index (κ3) is 10.6. The van der Waals surface area contributed by atoms with Crippen molar-refractivity contribution >= 4 is 23.7 Å². The summed E-state index contributed by atoms with van der Waals surface area (Å²) in [5.74, 6) is -2.05. The molecule has 246 valence electrons. The second-order valence-electron chi connectivity index (χ2n) is 10.5. The quantitative estimate of drug-likeness (QED) is 0.137. The van der Waals surface area contributed by atoms with Crippen LogP contribution in [-0.2, 0) is 30.4 Å². The van der Waals surface area contributed by atoms with Crippen molar-refractivity contribution < 1.29 is 38.2 Å². The van der Waals surface area contributed by atoms with Gasteiger partial charge in [0.05, 0.1) is 13.2 Å². The molecule has 12 heteroatoms. The highest BCUT2D eigenvalue weighted by atomic mass is 16.5. The molecule has 1 aromatic heterocycles. The maximum atomic E-state index is 13.4. The van der Waals surface area contributed by atoms with E-state index in [1.165, 1.54) is 7.11 Å². The summed E-state index contributed by atoms with van der Waals surface area (Å²) in [6, 6.07) is 26.5. The number of methoxy groups -OCH3 is 1. The van der Waals surface area contributed by atoms with Gasteiger partial charge in [0.2, 0.25) is 17.7 Å². The highest BCUT2D eigenvalue weighted by Gasteiger charge is 2.25. The van der Waals surface area contributed by atoms with E-state index in [0.29, 0.717) is 23.8 Å². The number of carboxylic acids is 1. The second kappa shape index (κ2) is 18.0. The predicted molar refractivity (Wildman–Crippen MR) is 173 cm³/mol. The van der Waals surface area contributed by atoms with Crippen LogP contribution in [0.2, 0.25) is 0 Å². The average molecular weight is 643 g/mol. The van der Waals surface area contributed by atoms with Gasteiger partial charge in [-0.1, -0.05) is 78.9 Å². The maximum Gasteiger partial charge on any atom is 0.326 e. The van der Waals surface area contributed by atoms with Crippen molar-refractivity contribution in [3.63, 3.8) is 0 Å². The molecule has 4 rings (SSSR count). The van der Waals surface area contributed by atoms with Gasteiger partial charge in [0.15, 0.2) is 11.5 Å². The smallest absolute Gasteiger partial charge is 0.326 e. The predicted octanol–water partition coefficient (Wildman–Crippen LogP) is 3.78. The molecule has 0 spiro atoms. The fraction of sp³-hybridized carbons (Fsp3) is 0.286. The molecule has 3 N–H and O–H groups in total. The van der Waals surface area contributed by atoms with Crippen LogP contribution >= 0.6 is 0 Å². The Morgan fingerprint density at radius 3 is 2.17 bits per heavy atom. The number of carbonyl (C=O) groups excluding carboxylic acids is 3. The van der Waals surface area contributed by atoms with Crippen LogP contribution in [0.15, 0.2) is 95.4 Å². The molecular weight excluding hydrogens is 604 g/mol. The number of ether oxygens (including phenoxy) is 2. The molecule has 3 amide bonds. The Bertz CT molecular complexity index is 1600. The molecule has 0 saturated carbocycles. The highest BCUT2D eigenvalue weighted by molar-refractivity contribution is 5.98. The van der Waals surface area contributed by atoms with Gasteiger partial charge in [0.25, 0.3) is 5.91 Å². The topological polar surface area (TPSA) is 160 Å². The molecule has 0 radical (unpaired) electrons. The van der Waals surface area contributed by atoms with Crippen LogP contribution in [0, 0.1) is 0 Å². The number of amides is 3. The van der Waals surface area contributed by atoms with E-state index in [9.17, 15) is 24.3 Å². The zero-order chi connectivity index (χ0) is 33.4. The van der Waals surface area contributed by atoms with E-state index in [1.807, 2.05) is 91.0 Å². The van der Waals surface area contributed by atoms with Gasteiger partial charge >= 0.3 is 5.97 Å². The largest absolute Gasteiger partial charge is 0.480 e. The number of oxazole rings is 1. The van der Waals surface area contributed by atoms with Crippen molar-refractivity contribution in [3.8, 4) is 22.8 Å². The van der Waals surface area contributed by atoms with Crippen molar-refractivity contribution in [2.75, 3.05) is 40.0 Å². The van der Waals surface area contributed by atoms with Gasteiger partial charge in [0, 0.05) is 44.3 Å². The van der Waals surface area contributed by atoms with Gasteiger partial charge < -0.3 is 34.5 Å². The van der Waals surface area contributed by atoms with Gasteiger partial charge in [-0.25, -0.2) is 9.78 Å². The summed E-state index contributed by atoms with van der Waals surface area (Å²) in [5.41, 5.74) is 2.38. The van der Waals surface area contributed by atoms with E-state index < -0.39 is 23.8 Å². The van der Waals surface area contributed by atoms with Gasteiger partial charge in [-0.05, 0) is 24.1 Å². The summed E-state index contributed by atoms with van der Waals surface area (Å²) in [6.45, 7) is 0.626. The minimum Gasteiger partial charge on any atom is -0.480 e. The van der Waals surface area contributed by atoms with Crippen LogP contribution in [0.25, 0.3) is 22.8 Å².